The number of hydrogen-bond donors (Lipinski definition) is 1. The van der Waals surface area contributed by atoms with Gasteiger partial charge in [-0.05, 0) is 30.7 Å². The number of rotatable bonds is 5. The van der Waals surface area contributed by atoms with Gasteiger partial charge < -0.3 is 9.84 Å². The van der Waals surface area contributed by atoms with Crippen LogP contribution in [0.2, 0.25) is 0 Å². The molecule has 0 saturated carbocycles. The molecular formula is C13H14F2N2O2. The van der Waals surface area contributed by atoms with Crippen LogP contribution in [-0.2, 0) is 6.54 Å². The molecule has 4 nitrogen and oxygen atoms in total. The Morgan fingerprint density at radius 2 is 2.16 bits per heavy atom. The van der Waals surface area contributed by atoms with Crippen molar-refractivity contribution in [2.24, 2.45) is 0 Å². The first kappa shape index (κ1) is 13.5. The molecule has 0 radical (unpaired) electrons. The van der Waals surface area contributed by atoms with Gasteiger partial charge in [0.2, 0.25) is 0 Å². The van der Waals surface area contributed by atoms with E-state index in [4.69, 9.17) is 0 Å². The zero-order valence-corrected chi connectivity index (χ0v) is 10.3. The molecule has 0 fully saturated rings. The summed E-state index contributed by atoms with van der Waals surface area (Å²) in [6.45, 7) is -0.361. The maximum absolute atomic E-state index is 12.1. The lowest BCUT2D eigenvalue weighted by atomic mass is 10.1. The highest BCUT2D eigenvalue weighted by atomic mass is 19.3. The van der Waals surface area contributed by atoms with Gasteiger partial charge in [-0.3, -0.25) is 4.68 Å². The number of ether oxygens (including phenoxy) is 1. The van der Waals surface area contributed by atoms with E-state index in [-0.39, 0.29) is 5.75 Å². The number of nitrogens with zero attached hydrogens (tertiary/aromatic N) is 2. The second-order valence-corrected chi connectivity index (χ2v) is 3.93. The van der Waals surface area contributed by atoms with Crippen LogP contribution < -0.4 is 4.74 Å². The van der Waals surface area contributed by atoms with Crippen molar-refractivity contribution in [1.29, 1.82) is 0 Å². The molecule has 19 heavy (non-hydrogen) atoms. The van der Waals surface area contributed by atoms with Crippen molar-refractivity contribution < 1.29 is 18.6 Å². The average Bonchev–Trinajstić information content (AvgIpc) is 2.85. The minimum atomic E-state index is -2.88. The molecule has 0 bridgehead atoms. The van der Waals surface area contributed by atoms with Crippen molar-refractivity contribution >= 4 is 0 Å². The molecule has 0 aliphatic rings. The number of aliphatic hydroxyl groups is 1. The predicted molar refractivity (Wildman–Crippen MR) is 65.0 cm³/mol. The van der Waals surface area contributed by atoms with Gasteiger partial charge in [-0.2, -0.15) is 13.9 Å². The molecule has 0 aliphatic carbocycles. The van der Waals surface area contributed by atoms with Gasteiger partial charge >= 0.3 is 6.61 Å². The van der Waals surface area contributed by atoms with Gasteiger partial charge in [-0.1, -0.05) is 12.1 Å². The summed E-state index contributed by atoms with van der Waals surface area (Å²) < 4.78 is 30.2. The van der Waals surface area contributed by atoms with Crippen LogP contribution in [-0.4, -0.2) is 21.5 Å². The van der Waals surface area contributed by atoms with Crippen molar-refractivity contribution in [2.75, 3.05) is 0 Å². The Kier molecular flexibility index (Phi) is 4.11. The number of benzene rings is 1. The molecule has 1 unspecified atom stereocenters. The SMILES string of the molecule is CCn1nccc1C(O)c1cccc(OC(F)F)c1. The van der Waals surface area contributed by atoms with Gasteiger partial charge in [0.15, 0.2) is 0 Å². The van der Waals surface area contributed by atoms with Crippen molar-refractivity contribution in [1.82, 2.24) is 9.78 Å². The highest BCUT2D eigenvalue weighted by Crippen LogP contribution is 2.25. The zero-order valence-electron chi connectivity index (χ0n) is 10.3. The third-order valence-electron chi connectivity index (χ3n) is 2.73. The predicted octanol–water partition coefficient (Wildman–Crippen LogP) is 2.59. The van der Waals surface area contributed by atoms with Crippen LogP contribution in [0.25, 0.3) is 0 Å². The summed E-state index contributed by atoms with van der Waals surface area (Å²) in [5.74, 6) is 0.0223. The van der Waals surface area contributed by atoms with Crippen LogP contribution in [0.3, 0.4) is 0 Å². The summed E-state index contributed by atoms with van der Waals surface area (Å²) in [5, 5.41) is 14.3. The number of halogens is 2. The van der Waals surface area contributed by atoms with E-state index in [0.717, 1.165) is 0 Å². The van der Waals surface area contributed by atoms with Gasteiger partial charge in [0, 0.05) is 12.7 Å². The minimum Gasteiger partial charge on any atom is -0.435 e. The molecule has 1 heterocycles. The number of hydrogen-bond acceptors (Lipinski definition) is 3. The first-order chi connectivity index (χ1) is 9.11. The molecule has 1 aromatic heterocycles. The molecule has 2 rings (SSSR count). The summed E-state index contributed by atoms with van der Waals surface area (Å²) in [4.78, 5) is 0. The summed E-state index contributed by atoms with van der Waals surface area (Å²) in [7, 11) is 0. The number of alkyl halides is 2. The van der Waals surface area contributed by atoms with Crippen LogP contribution in [0.4, 0.5) is 8.78 Å². The summed E-state index contributed by atoms with van der Waals surface area (Å²) >= 11 is 0. The molecule has 1 aromatic carbocycles. The third-order valence-corrected chi connectivity index (χ3v) is 2.73. The molecule has 102 valence electrons. The third kappa shape index (κ3) is 3.08. The summed E-state index contributed by atoms with van der Waals surface area (Å²) in [6, 6.07) is 7.71. The van der Waals surface area contributed by atoms with Crippen molar-refractivity contribution in [2.45, 2.75) is 26.2 Å². The molecule has 6 heteroatoms. The van der Waals surface area contributed by atoms with Gasteiger partial charge in [0.1, 0.15) is 11.9 Å². The van der Waals surface area contributed by atoms with E-state index in [9.17, 15) is 13.9 Å². The molecule has 1 atom stereocenters. The van der Waals surface area contributed by atoms with Crippen molar-refractivity contribution in [3.63, 3.8) is 0 Å². The number of aryl methyl sites for hydroxylation is 1. The van der Waals surface area contributed by atoms with Crippen molar-refractivity contribution in [3.05, 3.63) is 47.8 Å². The molecule has 0 aliphatic heterocycles. The largest absolute Gasteiger partial charge is 0.435 e. The molecule has 0 spiro atoms. The number of aliphatic hydroxyl groups excluding tert-OH is 1. The lowest BCUT2D eigenvalue weighted by Gasteiger charge is -2.14. The first-order valence-electron chi connectivity index (χ1n) is 5.86. The quantitative estimate of drug-likeness (QED) is 0.906. The smallest absolute Gasteiger partial charge is 0.387 e. The molecular weight excluding hydrogens is 254 g/mol. The van der Waals surface area contributed by atoms with Gasteiger partial charge in [-0.15, -0.1) is 0 Å². The summed E-state index contributed by atoms with van der Waals surface area (Å²) in [6.07, 6.45) is 0.658. The number of aromatic nitrogens is 2. The van der Waals surface area contributed by atoms with E-state index in [1.54, 1.807) is 29.1 Å². The Hall–Kier alpha value is -1.95. The normalized spacial score (nSPS) is 12.7. The van der Waals surface area contributed by atoms with E-state index in [2.05, 4.69) is 9.84 Å². The Bertz CT molecular complexity index is 543. The van der Waals surface area contributed by atoms with E-state index in [1.807, 2.05) is 6.92 Å². The average molecular weight is 268 g/mol. The Morgan fingerprint density at radius 1 is 1.37 bits per heavy atom. The topological polar surface area (TPSA) is 47.3 Å². The fourth-order valence-corrected chi connectivity index (χ4v) is 1.87. The minimum absolute atomic E-state index is 0.0223. The fraction of sp³-hybridized carbons (Fsp3) is 0.308. The van der Waals surface area contributed by atoms with E-state index in [1.165, 1.54) is 12.1 Å². The lowest BCUT2D eigenvalue weighted by Crippen LogP contribution is -2.09. The maximum Gasteiger partial charge on any atom is 0.387 e. The molecule has 0 amide bonds. The van der Waals surface area contributed by atoms with E-state index < -0.39 is 12.7 Å². The van der Waals surface area contributed by atoms with Crippen LogP contribution >= 0.6 is 0 Å². The van der Waals surface area contributed by atoms with Crippen LogP contribution in [0.5, 0.6) is 5.75 Å². The standard InChI is InChI=1S/C13H14F2N2O2/c1-2-17-11(6-7-16-17)12(18)9-4-3-5-10(8-9)19-13(14)15/h3-8,12-13,18H,2H2,1H3. The Balaban J connectivity index is 2.26. The Labute approximate surface area is 109 Å². The molecule has 2 aromatic rings. The highest BCUT2D eigenvalue weighted by molar-refractivity contribution is 5.33. The fourth-order valence-electron chi connectivity index (χ4n) is 1.87. The Morgan fingerprint density at radius 3 is 2.84 bits per heavy atom. The summed E-state index contributed by atoms with van der Waals surface area (Å²) in [5.41, 5.74) is 1.09. The van der Waals surface area contributed by atoms with Crippen LogP contribution in [0, 0.1) is 0 Å². The maximum atomic E-state index is 12.1. The van der Waals surface area contributed by atoms with Crippen LogP contribution in [0.15, 0.2) is 36.5 Å². The second kappa shape index (κ2) is 5.79. The van der Waals surface area contributed by atoms with Gasteiger partial charge in [-0.25, -0.2) is 0 Å². The van der Waals surface area contributed by atoms with Crippen molar-refractivity contribution in [3.8, 4) is 5.75 Å². The highest BCUT2D eigenvalue weighted by Gasteiger charge is 2.16. The van der Waals surface area contributed by atoms with Gasteiger partial charge in [0.05, 0.1) is 5.69 Å². The monoisotopic (exact) mass is 268 g/mol. The van der Waals surface area contributed by atoms with E-state index in [0.29, 0.717) is 17.8 Å². The van der Waals surface area contributed by atoms with Gasteiger partial charge in [0.25, 0.3) is 0 Å². The first-order valence-corrected chi connectivity index (χ1v) is 5.86. The lowest BCUT2D eigenvalue weighted by molar-refractivity contribution is -0.0499. The zero-order chi connectivity index (χ0) is 13.8. The molecule has 1 N–H and O–H groups in total. The van der Waals surface area contributed by atoms with Crippen LogP contribution in [0.1, 0.15) is 24.3 Å². The second-order valence-electron chi connectivity index (χ2n) is 3.93. The van der Waals surface area contributed by atoms with E-state index >= 15 is 0 Å². The molecule has 0 saturated heterocycles.